The van der Waals surface area contributed by atoms with E-state index in [1.807, 2.05) is 31.2 Å². The minimum absolute atomic E-state index is 0.0746. The predicted octanol–water partition coefficient (Wildman–Crippen LogP) is 1.10. The second-order valence-corrected chi connectivity index (χ2v) is 6.66. The van der Waals surface area contributed by atoms with Crippen molar-refractivity contribution in [3.8, 4) is 11.5 Å². The second-order valence-electron chi connectivity index (χ2n) is 4.47. The molecule has 0 bridgehead atoms. The van der Waals surface area contributed by atoms with Crippen LogP contribution in [0.5, 0.6) is 11.5 Å². The van der Waals surface area contributed by atoms with Gasteiger partial charge in [-0.05, 0) is 31.2 Å². The summed E-state index contributed by atoms with van der Waals surface area (Å²) < 4.78 is 32.7. The van der Waals surface area contributed by atoms with Crippen LogP contribution in [-0.4, -0.2) is 46.7 Å². The molecule has 0 aliphatic heterocycles. The van der Waals surface area contributed by atoms with Gasteiger partial charge in [-0.25, -0.2) is 8.42 Å². The molecule has 1 N–H and O–H groups in total. The zero-order chi connectivity index (χ0) is 14.3. The number of methoxy groups -OCH3 is 1. The van der Waals surface area contributed by atoms with E-state index in [4.69, 9.17) is 9.47 Å². The first-order valence-corrected chi connectivity index (χ1v) is 8.15. The van der Waals surface area contributed by atoms with E-state index >= 15 is 0 Å². The van der Waals surface area contributed by atoms with Gasteiger partial charge in [-0.1, -0.05) is 0 Å². The van der Waals surface area contributed by atoms with Crippen LogP contribution in [-0.2, 0) is 9.84 Å². The molecule has 0 aromatic heterocycles. The molecule has 0 aliphatic rings. The molecule has 0 aliphatic carbocycles. The van der Waals surface area contributed by atoms with E-state index < -0.39 is 9.84 Å². The molecular weight excluding hydrogens is 266 g/mol. The van der Waals surface area contributed by atoms with Crippen LogP contribution >= 0.6 is 0 Å². The smallest absolute Gasteiger partial charge is 0.148 e. The summed E-state index contributed by atoms with van der Waals surface area (Å²) in [4.78, 5) is 0. The molecule has 0 spiro atoms. The van der Waals surface area contributed by atoms with Gasteiger partial charge in [0, 0.05) is 18.8 Å². The summed E-state index contributed by atoms with van der Waals surface area (Å²) >= 11 is 0. The Balaban J connectivity index is 2.23. The van der Waals surface area contributed by atoms with Gasteiger partial charge in [0.1, 0.15) is 27.9 Å². The lowest BCUT2D eigenvalue weighted by Crippen LogP contribution is -2.35. The third-order valence-corrected chi connectivity index (χ3v) is 3.58. The molecule has 19 heavy (non-hydrogen) atoms. The average molecular weight is 287 g/mol. The Morgan fingerprint density at radius 3 is 2.32 bits per heavy atom. The van der Waals surface area contributed by atoms with Gasteiger partial charge in [-0.2, -0.15) is 0 Å². The molecule has 0 saturated carbocycles. The van der Waals surface area contributed by atoms with Crippen LogP contribution in [0.25, 0.3) is 0 Å². The summed E-state index contributed by atoms with van der Waals surface area (Å²) in [5.74, 6) is 1.68. The monoisotopic (exact) mass is 287 g/mol. The van der Waals surface area contributed by atoms with Crippen molar-refractivity contribution in [3.63, 3.8) is 0 Å². The van der Waals surface area contributed by atoms with Gasteiger partial charge in [-0.3, -0.25) is 0 Å². The van der Waals surface area contributed by atoms with Crippen molar-refractivity contribution in [3.05, 3.63) is 24.3 Å². The van der Waals surface area contributed by atoms with Gasteiger partial charge in [0.25, 0.3) is 0 Å². The fourth-order valence-electron chi connectivity index (χ4n) is 1.66. The largest absolute Gasteiger partial charge is 0.497 e. The average Bonchev–Trinajstić information content (AvgIpc) is 2.33. The molecule has 1 aromatic rings. The van der Waals surface area contributed by atoms with E-state index in [1.165, 1.54) is 6.26 Å². The molecule has 0 radical (unpaired) electrons. The van der Waals surface area contributed by atoms with E-state index in [1.54, 1.807) is 7.11 Å². The Labute approximate surface area is 114 Å². The molecule has 0 heterocycles. The maximum Gasteiger partial charge on any atom is 0.148 e. The van der Waals surface area contributed by atoms with Crippen LogP contribution in [0.3, 0.4) is 0 Å². The molecule has 5 nitrogen and oxygen atoms in total. The van der Waals surface area contributed by atoms with Crippen molar-refractivity contribution in [1.82, 2.24) is 5.32 Å². The van der Waals surface area contributed by atoms with Crippen LogP contribution in [0.2, 0.25) is 0 Å². The number of sulfone groups is 1. The van der Waals surface area contributed by atoms with Crippen LogP contribution < -0.4 is 14.8 Å². The van der Waals surface area contributed by atoms with Crippen LogP contribution in [0.15, 0.2) is 24.3 Å². The van der Waals surface area contributed by atoms with Gasteiger partial charge >= 0.3 is 0 Å². The second kappa shape index (κ2) is 7.35. The summed E-state index contributed by atoms with van der Waals surface area (Å²) in [5, 5.41) is 3.10. The summed E-state index contributed by atoms with van der Waals surface area (Å²) in [6.45, 7) is 2.93. The Kier molecular flexibility index (Phi) is 6.11. The van der Waals surface area contributed by atoms with Gasteiger partial charge in [-0.15, -0.1) is 0 Å². The van der Waals surface area contributed by atoms with E-state index in [0.717, 1.165) is 11.5 Å². The maximum absolute atomic E-state index is 11.1. The molecule has 1 aromatic carbocycles. The molecule has 1 rings (SSSR count). The van der Waals surface area contributed by atoms with Crippen molar-refractivity contribution >= 4 is 9.84 Å². The maximum atomic E-state index is 11.1. The Morgan fingerprint density at radius 1 is 1.21 bits per heavy atom. The first kappa shape index (κ1) is 15.8. The third kappa shape index (κ3) is 7.03. The number of hydrogen-bond donors (Lipinski definition) is 1. The molecule has 0 fully saturated rings. The predicted molar refractivity (Wildman–Crippen MR) is 75.7 cm³/mol. The minimum Gasteiger partial charge on any atom is -0.497 e. The Hall–Kier alpha value is -1.27. The van der Waals surface area contributed by atoms with Crippen LogP contribution in [0.1, 0.15) is 6.92 Å². The topological polar surface area (TPSA) is 64.6 Å². The van der Waals surface area contributed by atoms with Gasteiger partial charge in [0.2, 0.25) is 0 Å². The fourth-order valence-corrected chi connectivity index (χ4v) is 2.69. The number of benzene rings is 1. The summed E-state index contributed by atoms with van der Waals surface area (Å²) in [6.07, 6.45) is 1.24. The molecule has 0 amide bonds. The lowest BCUT2D eigenvalue weighted by atomic mass is 10.3. The number of hydrogen-bond acceptors (Lipinski definition) is 5. The number of nitrogens with one attached hydrogen (secondary N) is 1. The lowest BCUT2D eigenvalue weighted by molar-refractivity contribution is 0.308. The quantitative estimate of drug-likeness (QED) is 0.725. The van der Waals surface area contributed by atoms with Crippen molar-refractivity contribution in [2.45, 2.75) is 13.0 Å². The van der Waals surface area contributed by atoms with Crippen LogP contribution in [0, 0.1) is 0 Å². The first-order chi connectivity index (χ1) is 8.90. The summed E-state index contributed by atoms with van der Waals surface area (Å²) in [6, 6.07) is 7.25. The molecule has 1 unspecified atom stereocenters. The SMILES string of the molecule is COc1ccc(OCCNC(C)CS(C)(=O)=O)cc1. The van der Waals surface area contributed by atoms with E-state index in [2.05, 4.69) is 5.32 Å². The van der Waals surface area contributed by atoms with Gasteiger partial charge < -0.3 is 14.8 Å². The zero-order valence-electron chi connectivity index (χ0n) is 11.5. The molecule has 0 saturated heterocycles. The highest BCUT2D eigenvalue weighted by molar-refractivity contribution is 7.90. The molecule has 1 atom stereocenters. The minimum atomic E-state index is -2.94. The first-order valence-electron chi connectivity index (χ1n) is 6.08. The van der Waals surface area contributed by atoms with E-state index in [-0.39, 0.29) is 11.8 Å². The van der Waals surface area contributed by atoms with Gasteiger partial charge in [0.15, 0.2) is 0 Å². The Bertz CT molecular complexity index is 470. The Morgan fingerprint density at radius 2 is 1.79 bits per heavy atom. The van der Waals surface area contributed by atoms with Crippen LogP contribution in [0.4, 0.5) is 0 Å². The number of ether oxygens (including phenoxy) is 2. The zero-order valence-corrected chi connectivity index (χ0v) is 12.4. The normalized spacial score (nSPS) is 13.0. The number of rotatable bonds is 8. The highest BCUT2D eigenvalue weighted by Gasteiger charge is 2.09. The molecule has 6 heteroatoms. The van der Waals surface area contributed by atoms with Crippen molar-refractivity contribution in [2.24, 2.45) is 0 Å². The highest BCUT2D eigenvalue weighted by atomic mass is 32.2. The highest BCUT2D eigenvalue weighted by Crippen LogP contribution is 2.16. The summed E-state index contributed by atoms with van der Waals surface area (Å²) in [5.41, 5.74) is 0. The van der Waals surface area contributed by atoms with Gasteiger partial charge in [0.05, 0.1) is 12.9 Å². The third-order valence-electron chi connectivity index (χ3n) is 2.48. The van der Waals surface area contributed by atoms with E-state index in [0.29, 0.717) is 13.2 Å². The van der Waals surface area contributed by atoms with Crippen molar-refractivity contribution in [2.75, 3.05) is 32.3 Å². The van der Waals surface area contributed by atoms with Crippen molar-refractivity contribution in [1.29, 1.82) is 0 Å². The summed E-state index contributed by atoms with van der Waals surface area (Å²) in [7, 11) is -1.32. The standard InChI is InChI=1S/C13H21NO4S/c1-11(10-19(3,15)16)14-8-9-18-13-6-4-12(17-2)5-7-13/h4-7,11,14H,8-10H2,1-3H3. The van der Waals surface area contributed by atoms with E-state index in [9.17, 15) is 8.42 Å². The lowest BCUT2D eigenvalue weighted by Gasteiger charge is -2.13. The fraction of sp³-hybridized carbons (Fsp3) is 0.538. The van der Waals surface area contributed by atoms with Crippen molar-refractivity contribution < 1.29 is 17.9 Å². The molecule has 108 valence electrons. The molecular formula is C13H21NO4S.